The Morgan fingerprint density at radius 3 is 2.85 bits per heavy atom. The third-order valence-corrected chi connectivity index (χ3v) is 2.10. The molecule has 0 bridgehead atoms. The number of ether oxygens (including phenoxy) is 1. The minimum Gasteiger partial charge on any atom is -0.497 e. The fourth-order valence-electron chi connectivity index (χ4n) is 0.963. The van der Waals surface area contributed by atoms with Crippen LogP contribution in [0.1, 0.15) is 10.9 Å². The van der Waals surface area contributed by atoms with Gasteiger partial charge in [-0.1, -0.05) is 12.1 Å². The first-order valence-corrected chi connectivity index (χ1v) is 4.16. The van der Waals surface area contributed by atoms with Gasteiger partial charge in [-0.05, 0) is 17.7 Å². The number of hydrogen-bond acceptors (Lipinski definition) is 2. The first-order valence-electron chi connectivity index (χ1n) is 3.72. The Morgan fingerprint density at radius 2 is 2.31 bits per heavy atom. The second-order valence-electron chi connectivity index (χ2n) is 2.54. The number of alkyl halides is 1. The van der Waals surface area contributed by atoms with Gasteiger partial charge in [-0.3, -0.25) is 4.79 Å². The minimum absolute atomic E-state index is 0.560. The lowest BCUT2D eigenvalue weighted by molar-refractivity contribution is -0.117. The van der Waals surface area contributed by atoms with Crippen molar-refractivity contribution in [3.8, 4) is 5.75 Å². The topological polar surface area (TPSA) is 52.3 Å². The molecule has 1 atom stereocenters. The monoisotopic (exact) mass is 199 g/mol. The first kappa shape index (κ1) is 9.86. The molecule has 70 valence electrons. The Bertz CT molecular complexity index is 314. The van der Waals surface area contributed by atoms with Gasteiger partial charge in [0.05, 0.1) is 7.11 Å². The Kier molecular flexibility index (Phi) is 3.14. The van der Waals surface area contributed by atoms with E-state index in [4.69, 9.17) is 22.1 Å². The van der Waals surface area contributed by atoms with Gasteiger partial charge in [-0.25, -0.2) is 0 Å². The highest BCUT2D eigenvalue weighted by atomic mass is 35.5. The second kappa shape index (κ2) is 4.14. The van der Waals surface area contributed by atoms with E-state index in [1.54, 1.807) is 31.4 Å². The Hall–Kier alpha value is -1.22. The SMILES string of the molecule is COc1cccc(C(Cl)C(N)=O)c1. The zero-order valence-electron chi connectivity index (χ0n) is 7.16. The van der Waals surface area contributed by atoms with Crippen molar-refractivity contribution >= 4 is 17.5 Å². The van der Waals surface area contributed by atoms with Crippen LogP contribution in [-0.4, -0.2) is 13.0 Å². The van der Waals surface area contributed by atoms with E-state index in [-0.39, 0.29) is 0 Å². The summed E-state index contributed by atoms with van der Waals surface area (Å²) in [5, 5.41) is -0.796. The van der Waals surface area contributed by atoms with Crippen LogP contribution in [0.3, 0.4) is 0 Å². The summed E-state index contributed by atoms with van der Waals surface area (Å²) in [7, 11) is 1.55. The molecular formula is C9H10ClNO2. The van der Waals surface area contributed by atoms with Gasteiger partial charge in [-0.15, -0.1) is 11.6 Å². The van der Waals surface area contributed by atoms with Crippen molar-refractivity contribution in [2.75, 3.05) is 7.11 Å². The Morgan fingerprint density at radius 1 is 1.62 bits per heavy atom. The van der Waals surface area contributed by atoms with Gasteiger partial charge in [0.15, 0.2) is 0 Å². The normalized spacial score (nSPS) is 12.2. The molecule has 0 aliphatic carbocycles. The lowest BCUT2D eigenvalue weighted by Crippen LogP contribution is -2.16. The van der Waals surface area contributed by atoms with Crippen LogP contribution < -0.4 is 10.5 Å². The van der Waals surface area contributed by atoms with Gasteiger partial charge in [0, 0.05) is 0 Å². The summed E-state index contributed by atoms with van der Waals surface area (Å²) in [5.41, 5.74) is 5.69. The number of rotatable bonds is 3. The number of methoxy groups -OCH3 is 1. The van der Waals surface area contributed by atoms with E-state index in [1.165, 1.54) is 0 Å². The van der Waals surface area contributed by atoms with Crippen LogP contribution in [0.5, 0.6) is 5.75 Å². The predicted molar refractivity (Wildman–Crippen MR) is 50.8 cm³/mol. The van der Waals surface area contributed by atoms with Crippen molar-refractivity contribution in [2.45, 2.75) is 5.38 Å². The predicted octanol–water partition coefficient (Wildman–Crippen LogP) is 1.46. The standard InChI is InChI=1S/C9H10ClNO2/c1-13-7-4-2-3-6(5-7)8(10)9(11)12/h2-5,8H,1H3,(H2,11,12). The molecule has 1 amide bonds. The zero-order chi connectivity index (χ0) is 9.84. The molecule has 4 heteroatoms. The number of benzene rings is 1. The molecule has 1 aromatic rings. The van der Waals surface area contributed by atoms with Crippen molar-refractivity contribution in [1.29, 1.82) is 0 Å². The Labute approximate surface area is 81.4 Å². The smallest absolute Gasteiger partial charge is 0.240 e. The second-order valence-corrected chi connectivity index (χ2v) is 2.98. The lowest BCUT2D eigenvalue weighted by Gasteiger charge is -2.06. The molecule has 1 unspecified atom stereocenters. The highest BCUT2D eigenvalue weighted by molar-refractivity contribution is 6.30. The minimum atomic E-state index is -0.796. The summed E-state index contributed by atoms with van der Waals surface area (Å²) in [6.45, 7) is 0. The summed E-state index contributed by atoms with van der Waals surface area (Å²) in [6.07, 6.45) is 0. The summed E-state index contributed by atoms with van der Waals surface area (Å²) in [6, 6.07) is 6.94. The van der Waals surface area contributed by atoms with Gasteiger partial charge in [-0.2, -0.15) is 0 Å². The first-order chi connectivity index (χ1) is 6.15. The van der Waals surface area contributed by atoms with Crippen molar-refractivity contribution in [3.05, 3.63) is 29.8 Å². The average Bonchev–Trinajstić information content (AvgIpc) is 2.16. The molecule has 0 aromatic heterocycles. The summed E-state index contributed by atoms with van der Waals surface area (Å²) in [5.74, 6) is 0.0966. The van der Waals surface area contributed by atoms with E-state index in [2.05, 4.69) is 0 Å². The number of halogens is 1. The number of carbonyl (C=O) groups excluding carboxylic acids is 1. The summed E-state index contributed by atoms with van der Waals surface area (Å²) < 4.78 is 4.97. The highest BCUT2D eigenvalue weighted by Crippen LogP contribution is 2.23. The summed E-state index contributed by atoms with van der Waals surface area (Å²) in [4.78, 5) is 10.7. The Balaban J connectivity index is 2.94. The molecule has 0 saturated heterocycles. The van der Waals surface area contributed by atoms with Gasteiger partial charge in [0.25, 0.3) is 0 Å². The highest BCUT2D eigenvalue weighted by Gasteiger charge is 2.13. The van der Waals surface area contributed by atoms with Crippen molar-refractivity contribution in [2.24, 2.45) is 5.73 Å². The van der Waals surface area contributed by atoms with E-state index >= 15 is 0 Å². The maximum atomic E-state index is 10.7. The fourth-order valence-corrected chi connectivity index (χ4v) is 1.10. The molecule has 0 heterocycles. The van der Waals surface area contributed by atoms with Crippen LogP contribution in [-0.2, 0) is 4.79 Å². The molecule has 0 aliphatic heterocycles. The van der Waals surface area contributed by atoms with Crippen LogP contribution >= 0.6 is 11.6 Å². The molecule has 13 heavy (non-hydrogen) atoms. The largest absolute Gasteiger partial charge is 0.497 e. The quantitative estimate of drug-likeness (QED) is 0.750. The molecule has 0 radical (unpaired) electrons. The van der Waals surface area contributed by atoms with Crippen LogP contribution in [0, 0.1) is 0 Å². The van der Waals surface area contributed by atoms with Crippen molar-refractivity contribution < 1.29 is 9.53 Å². The number of primary amides is 1. The van der Waals surface area contributed by atoms with E-state index < -0.39 is 11.3 Å². The van der Waals surface area contributed by atoms with Crippen molar-refractivity contribution in [1.82, 2.24) is 0 Å². The van der Waals surface area contributed by atoms with E-state index in [0.29, 0.717) is 11.3 Å². The molecular weight excluding hydrogens is 190 g/mol. The van der Waals surface area contributed by atoms with E-state index in [1.807, 2.05) is 0 Å². The van der Waals surface area contributed by atoms with E-state index in [0.717, 1.165) is 0 Å². The molecule has 0 saturated carbocycles. The van der Waals surface area contributed by atoms with Crippen LogP contribution in [0.4, 0.5) is 0 Å². The third kappa shape index (κ3) is 2.36. The van der Waals surface area contributed by atoms with Gasteiger partial charge in [0.1, 0.15) is 11.1 Å². The fraction of sp³-hybridized carbons (Fsp3) is 0.222. The molecule has 3 nitrogen and oxygen atoms in total. The molecule has 1 aromatic carbocycles. The maximum absolute atomic E-state index is 10.7. The van der Waals surface area contributed by atoms with Gasteiger partial charge >= 0.3 is 0 Å². The third-order valence-electron chi connectivity index (χ3n) is 1.64. The number of carbonyl (C=O) groups is 1. The number of nitrogens with two attached hydrogens (primary N) is 1. The number of hydrogen-bond donors (Lipinski definition) is 1. The van der Waals surface area contributed by atoms with Gasteiger partial charge < -0.3 is 10.5 Å². The lowest BCUT2D eigenvalue weighted by atomic mass is 10.1. The van der Waals surface area contributed by atoms with Crippen LogP contribution in [0.15, 0.2) is 24.3 Å². The van der Waals surface area contributed by atoms with Crippen molar-refractivity contribution in [3.63, 3.8) is 0 Å². The summed E-state index contributed by atoms with van der Waals surface area (Å²) >= 11 is 5.74. The molecule has 0 aliphatic rings. The molecule has 1 rings (SSSR count). The van der Waals surface area contributed by atoms with Crippen LogP contribution in [0.2, 0.25) is 0 Å². The maximum Gasteiger partial charge on any atom is 0.240 e. The van der Waals surface area contributed by atoms with Gasteiger partial charge in [0.2, 0.25) is 5.91 Å². The van der Waals surface area contributed by atoms with Crippen LogP contribution in [0.25, 0.3) is 0 Å². The zero-order valence-corrected chi connectivity index (χ0v) is 7.91. The molecule has 2 N–H and O–H groups in total. The molecule has 0 spiro atoms. The average molecular weight is 200 g/mol. The number of amides is 1. The van der Waals surface area contributed by atoms with E-state index in [9.17, 15) is 4.79 Å². The molecule has 0 fully saturated rings.